The van der Waals surface area contributed by atoms with E-state index in [-0.39, 0.29) is 12.5 Å². The first-order valence-corrected chi connectivity index (χ1v) is 8.16. The Morgan fingerprint density at radius 3 is 2.52 bits per heavy atom. The van der Waals surface area contributed by atoms with Crippen LogP contribution in [0.2, 0.25) is 0 Å². The molecule has 1 unspecified atom stereocenters. The van der Waals surface area contributed by atoms with Gasteiger partial charge in [0.05, 0.1) is 7.11 Å². The second-order valence-electron chi connectivity index (χ2n) is 6.88. The number of hydrogen-bond donors (Lipinski definition) is 3. The molecule has 3 atom stereocenters. The summed E-state index contributed by atoms with van der Waals surface area (Å²) in [6, 6.07) is 5.84. The summed E-state index contributed by atoms with van der Waals surface area (Å²) in [6.07, 6.45) is 0.938. The highest BCUT2D eigenvalue weighted by Gasteiger charge is 2.35. The number of nitrogens with one attached hydrogen (secondary N) is 1. The number of methoxy groups -OCH3 is 1. The van der Waals surface area contributed by atoms with Gasteiger partial charge in [0.1, 0.15) is 6.04 Å². The van der Waals surface area contributed by atoms with Crippen LogP contribution in [0.1, 0.15) is 36.2 Å². The molecule has 1 fully saturated rings. The van der Waals surface area contributed by atoms with Crippen LogP contribution in [0.5, 0.6) is 0 Å². The van der Waals surface area contributed by atoms with Gasteiger partial charge in [-0.1, -0.05) is 11.8 Å². The van der Waals surface area contributed by atoms with Gasteiger partial charge in [-0.3, -0.25) is 4.79 Å². The highest BCUT2D eigenvalue weighted by atomic mass is 16.5. The Morgan fingerprint density at radius 2 is 2.04 bits per heavy atom. The van der Waals surface area contributed by atoms with Crippen LogP contribution in [0.3, 0.4) is 0 Å². The van der Waals surface area contributed by atoms with Crippen LogP contribution in [0.4, 0.5) is 0 Å². The standard InChI is InChI=1S/C19H24N2O4/c1-19(2,20)16(18(24)25-3)21-17(23)13-7-4-12(5-8-13)6-9-14-10-15(14)11-22/h4-5,7-8,14-16,22H,10-11,20H2,1-3H3,(H,21,23)/t14?,15-,16+/m0/s1. The molecule has 0 spiro atoms. The molecule has 25 heavy (non-hydrogen) atoms. The van der Waals surface area contributed by atoms with Gasteiger partial charge in [-0.05, 0) is 50.5 Å². The van der Waals surface area contributed by atoms with Crippen LogP contribution >= 0.6 is 0 Å². The fourth-order valence-electron chi connectivity index (χ4n) is 2.39. The van der Waals surface area contributed by atoms with Gasteiger partial charge in [-0.25, -0.2) is 4.79 Å². The summed E-state index contributed by atoms with van der Waals surface area (Å²) < 4.78 is 4.70. The average Bonchev–Trinajstić information content (AvgIpc) is 3.35. The largest absolute Gasteiger partial charge is 0.467 e. The van der Waals surface area contributed by atoms with Gasteiger partial charge < -0.3 is 20.9 Å². The zero-order valence-electron chi connectivity index (χ0n) is 14.7. The number of benzene rings is 1. The molecule has 134 valence electrons. The van der Waals surface area contributed by atoms with Crippen molar-refractivity contribution in [3.63, 3.8) is 0 Å². The molecular formula is C19H24N2O4. The van der Waals surface area contributed by atoms with Crippen molar-refractivity contribution >= 4 is 11.9 Å². The minimum Gasteiger partial charge on any atom is -0.467 e. The van der Waals surface area contributed by atoms with E-state index in [0.717, 1.165) is 12.0 Å². The summed E-state index contributed by atoms with van der Waals surface area (Å²) in [5.74, 6) is 5.72. The van der Waals surface area contributed by atoms with Gasteiger partial charge in [0.25, 0.3) is 5.91 Å². The molecule has 0 aromatic heterocycles. The maximum absolute atomic E-state index is 12.4. The van der Waals surface area contributed by atoms with E-state index in [2.05, 4.69) is 17.2 Å². The lowest BCUT2D eigenvalue weighted by atomic mass is 9.95. The van der Waals surface area contributed by atoms with E-state index in [9.17, 15) is 9.59 Å². The zero-order valence-corrected chi connectivity index (χ0v) is 14.7. The minimum atomic E-state index is -0.957. The van der Waals surface area contributed by atoms with E-state index >= 15 is 0 Å². The van der Waals surface area contributed by atoms with Crippen molar-refractivity contribution in [3.05, 3.63) is 35.4 Å². The number of nitrogens with two attached hydrogens (primary N) is 1. The molecule has 1 aliphatic carbocycles. The molecule has 6 nitrogen and oxygen atoms in total. The second kappa shape index (κ2) is 7.68. The normalized spacial score (nSPS) is 20.0. The fourth-order valence-corrected chi connectivity index (χ4v) is 2.39. The molecule has 0 saturated heterocycles. The molecular weight excluding hydrogens is 320 g/mol. The molecule has 1 aromatic rings. The van der Waals surface area contributed by atoms with E-state index in [1.54, 1.807) is 38.1 Å². The van der Waals surface area contributed by atoms with Gasteiger partial charge >= 0.3 is 5.97 Å². The number of ether oxygens (including phenoxy) is 1. The SMILES string of the molecule is COC(=O)[C@@H](NC(=O)c1ccc(C#CC2C[C@H]2CO)cc1)C(C)(C)N. The predicted molar refractivity (Wildman–Crippen MR) is 93.5 cm³/mol. The van der Waals surface area contributed by atoms with Gasteiger partial charge in [-0.2, -0.15) is 0 Å². The summed E-state index contributed by atoms with van der Waals surface area (Å²) >= 11 is 0. The monoisotopic (exact) mass is 344 g/mol. The van der Waals surface area contributed by atoms with E-state index in [4.69, 9.17) is 15.6 Å². The van der Waals surface area contributed by atoms with Gasteiger partial charge in [0.15, 0.2) is 0 Å². The van der Waals surface area contributed by atoms with Crippen LogP contribution < -0.4 is 11.1 Å². The number of hydrogen-bond acceptors (Lipinski definition) is 5. The Morgan fingerprint density at radius 1 is 1.40 bits per heavy atom. The number of aliphatic hydroxyl groups excluding tert-OH is 1. The maximum atomic E-state index is 12.4. The molecule has 0 bridgehead atoms. The number of carbonyl (C=O) groups excluding carboxylic acids is 2. The molecule has 0 heterocycles. The molecule has 1 aromatic carbocycles. The maximum Gasteiger partial charge on any atom is 0.330 e. The lowest BCUT2D eigenvalue weighted by molar-refractivity contribution is -0.144. The molecule has 0 aliphatic heterocycles. The first-order chi connectivity index (χ1) is 11.8. The van der Waals surface area contributed by atoms with Crippen molar-refractivity contribution in [2.24, 2.45) is 17.6 Å². The first kappa shape index (κ1) is 19.0. The van der Waals surface area contributed by atoms with Crippen molar-refractivity contribution in [2.45, 2.75) is 31.8 Å². The van der Waals surface area contributed by atoms with Crippen LogP contribution in [-0.4, -0.2) is 42.3 Å². The number of carbonyl (C=O) groups is 2. The van der Waals surface area contributed by atoms with E-state index in [0.29, 0.717) is 11.5 Å². The zero-order chi connectivity index (χ0) is 18.6. The Hall–Kier alpha value is -2.36. The lowest BCUT2D eigenvalue weighted by Crippen LogP contribution is -2.59. The van der Waals surface area contributed by atoms with Gasteiger partial charge in [0, 0.05) is 29.2 Å². The quantitative estimate of drug-likeness (QED) is 0.538. The number of esters is 1. The van der Waals surface area contributed by atoms with Crippen LogP contribution in [0.25, 0.3) is 0 Å². The third kappa shape index (κ3) is 5.05. The van der Waals surface area contributed by atoms with E-state index in [1.807, 2.05) is 0 Å². The second-order valence-corrected chi connectivity index (χ2v) is 6.88. The van der Waals surface area contributed by atoms with Crippen molar-refractivity contribution in [3.8, 4) is 11.8 Å². The fraction of sp³-hybridized carbons (Fsp3) is 0.474. The van der Waals surface area contributed by atoms with E-state index in [1.165, 1.54) is 7.11 Å². The molecule has 4 N–H and O–H groups in total. The molecule has 1 saturated carbocycles. The Kier molecular flexibility index (Phi) is 5.83. The Bertz CT molecular complexity index is 695. The summed E-state index contributed by atoms with van der Waals surface area (Å²) in [7, 11) is 1.25. The lowest BCUT2D eigenvalue weighted by Gasteiger charge is -2.28. The van der Waals surface area contributed by atoms with E-state index < -0.39 is 23.5 Å². The molecule has 6 heteroatoms. The molecule has 2 rings (SSSR count). The number of aliphatic hydroxyl groups is 1. The smallest absolute Gasteiger partial charge is 0.330 e. The van der Waals surface area contributed by atoms with Crippen molar-refractivity contribution in [2.75, 3.05) is 13.7 Å². The highest BCUT2D eigenvalue weighted by Crippen LogP contribution is 2.36. The van der Waals surface area contributed by atoms with Crippen LogP contribution in [0, 0.1) is 23.7 Å². The van der Waals surface area contributed by atoms with Crippen LogP contribution in [-0.2, 0) is 9.53 Å². The van der Waals surface area contributed by atoms with Crippen molar-refractivity contribution in [1.29, 1.82) is 0 Å². The van der Waals surface area contributed by atoms with Crippen LogP contribution in [0.15, 0.2) is 24.3 Å². The highest BCUT2D eigenvalue weighted by molar-refractivity contribution is 5.97. The Balaban J connectivity index is 2.03. The number of amides is 1. The third-order valence-electron chi connectivity index (χ3n) is 4.16. The summed E-state index contributed by atoms with van der Waals surface area (Å²) in [5.41, 5.74) is 6.20. The number of rotatable bonds is 5. The van der Waals surface area contributed by atoms with Gasteiger partial charge in [-0.15, -0.1) is 0 Å². The van der Waals surface area contributed by atoms with Crippen molar-refractivity contribution < 1.29 is 19.4 Å². The summed E-state index contributed by atoms with van der Waals surface area (Å²) in [4.78, 5) is 24.2. The topological polar surface area (TPSA) is 102 Å². The summed E-state index contributed by atoms with van der Waals surface area (Å²) in [5, 5.41) is 11.6. The van der Waals surface area contributed by atoms with Gasteiger partial charge in [0.2, 0.25) is 0 Å². The molecule has 1 aliphatic rings. The third-order valence-corrected chi connectivity index (χ3v) is 4.16. The molecule has 0 radical (unpaired) electrons. The van der Waals surface area contributed by atoms with Crippen molar-refractivity contribution in [1.82, 2.24) is 5.32 Å². The molecule has 1 amide bonds. The minimum absolute atomic E-state index is 0.178. The average molecular weight is 344 g/mol. The predicted octanol–water partition coefficient (Wildman–Crippen LogP) is 0.675. The first-order valence-electron chi connectivity index (χ1n) is 8.16. The Labute approximate surface area is 147 Å². The summed E-state index contributed by atoms with van der Waals surface area (Å²) in [6.45, 7) is 3.47.